The Morgan fingerprint density at radius 3 is 3.05 bits per heavy atom. The van der Waals surface area contributed by atoms with Gasteiger partial charge in [0, 0.05) is 29.2 Å². The molecule has 0 radical (unpaired) electrons. The highest BCUT2D eigenvalue weighted by molar-refractivity contribution is 5.97. The van der Waals surface area contributed by atoms with Crippen molar-refractivity contribution in [2.45, 2.75) is 19.8 Å². The number of aromatic nitrogens is 1. The number of H-pyrrole nitrogens is 1. The van der Waals surface area contributed by atoms with E-state index in [1.54, 1.807) is 0 Å². The van der Waals surface area contributed by atoms with Crippen molar-refractivity contribution in [3.8, 4) is 5.75 Å². The number of benzene rings is 1. The Morgan fingerprint density at radius 1 is 1.32 bits per heavy atom. The summed E-state index contributed by atoms with van der Waals surface area (Å²) in [6.45, 7) is 4.91. The highest BCUT2D eigenvalue weighted by atomic mass is 16.5. The Kier molecular flexibility index (Phi) is 3.56. The van der Waals surface area contributed by atoms with Crippen molar-refractivity contribution in [3.63, 3.8) is 0 Å². The van der Waals surface area contributed by atoms with E-state index in [4.69, 9.17) is 4.74 Å². The zero-order valence-electron chi connectivity index (χ0n) is 11.3. The first-order valence-corrected chi connectivity index (χ1v) is 7.03. The summed E-state index contributed by atoms with van der Waals surface area (Å²) in [4.78, 5) is 3.36. The smallest absolute Gasteiger partial charge is 0.129 e. The fraction of sp³-hybridized carbons (Fsp3) is 0.375. The number of hydrogen-bond donors (Lipinski definition) is 2. The minimum absolute atomic E-state index is 0.768. The Labute approximate surface area is 113 Å². The molecule has 0 amide bonds. The molecule has 1 aromatic heterocycles. The number of nitrogens with one attached hydrogen (secondary N) is 2. The van der Waals surface area contributed by atoms with Crippen LogP contribution in [0.1, 0.15) is 25.3 Å². The normalized spacial score (nSPS) is 15.5. The van der Waals surface area contributed by atoms with Crippen molar-refractivity contribution in [1.29, 1.82) is 0 Å². The van der Waals surface area contributed by atoms with Crippen molar-refractivity contribution in [3.05, 3.63) is 36.0 Å². The van der Waals surface area contributed by atoms with Crippen LogP contribution in [-0.2, 0) is 0 Å². The van der Waals surface area contributed by atoms with Gasteiger partial charge in [0.1, 0.15) is 5.75 Å². The second kappa shape index (κ2) is 5.49. The van der Waals surface area contributed by atoms with Crippen LogP contribution in [0.15, 0.2) is 30.5 Å². The predicted octanol–water partition coefficient (Wildman–Crippen LogP) is 3.33. The van der Waals surface area contributed by atoms with Crippen molar-refractivity contribution in [1.82, 2.24) is 10.3 Å². The molecule has 0 spiro atoms. The summed E-state index contributed by atoms with van der Waals surface area (Å²) in [5.74, 6) is 0.995. The summed E-state index contributed by atoms with van der Waals surface area (Å²) >= 11 is 0. The molecule has 0 saturated heterocycles. The van der Waals surface area contributed by atoms with Crippen LogP contribution < -0.4 is 10.1 Å². The van der Waals surface area contributed by atoms with Gasteiger partial charge in [-0.05, 0) is 37.1 Å². The molecule has 2 heterocycles. The fourth-order valence-corrected chi connectivity index (χ4v) is 2.60. The van der Waals surface area contributed by atoms with E-state index in [9.17, 15) is 0 Å². The van der Waals surface area contributed by atoms with Gasteiger partial charge in [-0.1, -0.05) is 19.1 Å². The molecule has 0 atom stereocenters. The van der Waals surface area contributed by atoms with Crippen LogP contribution in [-0.4, -0.2) is 24.7 Å². The summed E-state index contributed by atoms with van der Waals surface area (Å²) in [6, 6.07) is 6.22. The molecule has 0 aliphatic carbocycles. The average molecular weight is 256 g/mol. The number of aromatic amines is 1. The summed E-state index contributed by atoms with van der Waals surface area (Å²) in [7, 11) is 0. The first-order chi connectivity index (χ1) is 9.40. The van der Waals surface area contributed by atoms with Crippen molar-refractivity contribution >= 4 is 16.5 Å². The molecule has 1 aliphatic heterocycles. The lowest BCUT2D eigenvalue weighted by atomic mass is 9.99. The number of ether oxygens (including phenoxy) is 1. The van der Waals surface area contributed by atoms with E-state index in [0.29, 0.717) is 0 Å². The number of fused-ring (bicyclic) bond motifs is 1. The van der Waals surface area contributed by atoms with Gasteiger partial charge in [0.25, 0.3) is 0 Å². The standard InChI is InChI=1S/C16H20N2O/c1-2-10-19-15-5-3-4-14-16(15)13(11-18-14)12-6-8-17-9-7-12/h3-6,11,17-18H,2,7-10H2,1H3. The van der Waals surface area contributed by atoms with Crippen LogP contribution >= 0.6 is 0 Å². The monoisotopic (exact) mass is 256 g/mol. The molecule has 0 fully saturated rings. The first kappa shape index (κ1) is 12.3. The fourth-order valence-electron chi connectivity index (χ4n) is 2.60. The molecule has 1 aliphatic rings. The van der Waals surface area contributed by atoms with Gasteiger partial charge in [0.2, 0.25) is 0 Å². The van der Waals surface area contributed by atoms with Gasteiger partial charge in [0.05, 0.1) is 6.61 Å². The van der Waals surface area contributed by atoms with E-state index in [2.05, 4.69) is 41.6 Å². The van der Waals surface area contributed by atoms with Crippen LogP contribution in [0.2, 0.25) is 0 Å². The molecule has 0 saturated carbocycles. The average Bonchev–Trinajstić information content (AvgIpc) is 2.90. The van der Waals surface area contributed by atoms with Gasteiger partial charge in [-0.3, -0.25) is 0 Å². The van der Waals surface area contributed by atoms with Gasteiger partial charge in [-0.15, -0.1) is 0 Å². The lowest BCUT2D eigenvalue weighted by Gasteiger charge is -2.14. The van der Waals surface area contributed by atoms with Gasteiger partial charge in [0.15, 0.2) is 0 Å². The molecule has 2 N–H and O–H groups in total. The van der Waals surface area contributed by atoms with E-state index in [0.717, 1.165) is 43.8 Å². The summed E-state index contributed by atoms with van der Waals surface area (Å²) in [5, 5.41) is 4.58. The molecule has 0 bridgehead atoms. The van der Waals surface area contributed by atoms with Gasteiger partial charge < -0.3 is 15.0 Å². The molecule has 1 aromatic carbocycles. The maximum absolute atomic E-state index is 5.90. The third-order valence-corrected chi connectivity index (χ3v) is 3.54. The third-order valence-electron chi connectivity index (χ3n) is 3.54. The second-order valence-electron chi connectivity index (χ2n) is 4.91. The maximum atomic E-state index is 5.90. The van der Waals surface area contributed by atoms with Crippen molar-refractivity contribution in [2.24, 2.45) is 0 Å². The van der Waals surface area contributed by atoms with Crippen LogP contribution in [0.25, 0.3) is 16.5 Å². The van der Waals surface area contributed by atoms with Gasteiger partial charge >= 0.3 is 0 Å². The quantitative estimate of drug-likeness (QED) is 0.880. The maximum Gasteiger partial charge on any atom is 0.129 e. The topological polar surface area (TPSA) is 37.0 Å². The zero-order chi connectivity index (χ0) is 13.1. The van der Waals surface area contributed by atoms with Crippen LogP contribution in [0.3, 0.4) is 0 Å². The molecule has 19 heavy (non-hydrogen) atoms. The largest absolute Gasteiger partial charge is 0.493 e. The predicted molar refractivity (Wildman–Crippen MR) is 79.5 cm³/mol. The van der Waals surface area contributed by atoms with Crippen LogP contribution in [0.4, 0.5) is 0 Å². The molecule has 0 unspecified atom stereocenters. The molecular formula is C16H20N2O. The zero-order valence-corrected chi connectivity index (χ0v) is 11.3. The molecule has 3 heteroatoms. The highest BCUT2D eigenvalue weighted by Crippen LogP contribution is 2.34. The van der Waals surface area contributed by atoms with Gasteiger partial charge in [-0.25, -0.2) is 0 Å². The molecule has 3 nitrogen and oxygen atoms in total. The van der Waals surface area contributed by atoms with E-state index in [-0.39, 0.29) is 0 Å². The molecular weight excluding hydrogens is 236 g/mol. The van der Waals surface area contributed by atoms with E-state index in [1.807, 2.05) is 6.07 Å². The Bertz CT molecular complexity index is 598. The van der Waals surface area contributed by atoms with E-state index >= 15 is 0 Å². The molecule has 3 rings (SSSR count). The van der Waals surface area contributed by atoms with Crippen molar-refractivity contribution < 1.29 is 4.74 Å². The van der Waals surface area contributed by atoms with Crippen LogP contribution in [0, 0.1) is 0 Å². The molecule has 2 aromatic rings. The summed E-state index contributed by atoms with van der Waals surface area (Å²) in [5.41, 5.74) is 3.86. The lowest BCUT2D eigenvalue weighted by Crippen LogP contribution is -2.19. The Morgan fingerprint density at radius 2 is 2.26 bits per heavy atom. The van der Waals surface area contributed by atoms with E-state index in [1.165, 1.54) is 16.5 Å². The van der Waals surface area contributed by atoms with E-state index < -0.39 is 0 Å². The lowest BCUT2D eigenvalue weighted by molar-refractivity contribution is 0.321. The highest BCUT2D eigenvalue weighted by Gasteiger charge is 2.14. The Hall–Kier alpha value is -1.74. The Balaban J connectivity index is 2.06. The molecule has 100 valence electrons. The minimum Gasteiger partial charge on any atom is -0.493 e. The summed E-state index contributed by atoms with van der Waals surface area (Å²) < 4.78 is 5.90. The van der Waals surface area contributed by atoms with Crippen molar-refractivity contribution in [2.75, 3.05) is 19.7 Å². The first-order valence-electron chi connectivity index (χ1n) is 7.03. The number of rotatable bonds is 4. The minimum atomic E-state index is 0.768. The third kappa shape index (κ3) is 2.38. The number of hydrogen-bond acceptors (Lipinski definition) is 2. The second-order valence-corrected chi connectivity index (χ2v) is 4.91. The summed E-state index contributed by atoms with van der Waals surface area (Å²) in [6.07, 6.45) is 6.50. The SMILES string of the molecule is CCCOc1cccc2[nH]cc(C3=CCNCC3)c12. The van der Waals surface area contributed by atoms with Crippen LogP contribution in [0.5, 0.6) is 5.75 Å². The van der Waals surface area contributed by atoms with Gasteiger partial charge in [-0.2, -0.15) is 0 Å².